The van der Waals surface area contributed by atoms with Crippen LogP contribution in [0.5, 0.6) is 5.88 Å². The molecule has 6 nitrogen and oxygen atoms in total. The minimum Gasteiger partial charge on any atom is -0.473 e. The number of hydrogen-bond acceptors (Lipinski definition) is 5. The van der Waals surface area contributed by atoms with Crippen molar-refractivity contribution in [3.8, 4) is 5.88 Å². The van der Waals surface area contributed by atoms with E-state index < -0.39 is 0 Å². The molecule has 1 saturated carbocycles. The number of para-hydroxylation sites is 2. The number of rotatable bonds is 9. The van der Waals surface area contributed by atoms with E-state index in [-0.39, 0.29) is 12.4 Å². The van der Waals surface area contributed by atoms with Crippen LogP contribution in [0, 0.1) is 11.7 Å². The number of nitrogens with zero attached hydrogens (tertiary/aromatic N) is 4. The number of pyridine rings is 1. The Hall–Kier alpha value is -3.00. The zero-order valence-corrected chi connectivity index (χ0v) is 23.3. The van der Waals surface area contributed by atoms with Crippen LogP contribution in [0.15, 0.2) is 60.7 Å². The Bertz CT molecular complexity index is 1490. The van der Waals surface area contributed by atoms with Gasteiger partial charge in [0.05, 0.1) is 29.7 Å². The van der Waals surface area contributed by atoms with Crippen molar-refractivity contribution in [2.75, 3.05) is 19.7 Å². The summed E-state index contributed by atoms with van der Waals surface area (Å²) in [7, 11) is 0. The summed E-state index contributed by atoms with van der Waals surface area (Å²) >= 11 is 5.87. The van der Waals surface area contributed by atoms with Gasteiger partial charge in [0, 0.05) is 34.9 Å². The summed E-state index contributed by atoms with van der Waals surface area (Å²) in [6.07, 6.45) is 6.02. The van der Waals surface area contributed by atoms with E-state index in [9.17, 15) is 4.39 Å². The molecule has 0 amide bonds. The molecular formula is C32H34ClFN4O2. The topological polar surface area (TPSA) is 52.4 Å². The van der Waals surface area contributed by atoms with Crippen LogP contribution in [0.3, 0.4) is 0 Å². The number of aromatic nitrogens is 3. The molecular weight excluding hydrogens is 527 g/mol. The predicted octanol–water partition coefficient (Wildman–Crippen LogP) is 6.92. The van der Waals surface area contributed by atoms with Crippen molar-refractivity contribution in [2.45, 2.75) is 63.3 Å². The molecule has 7 rings (SSSR count). The van der Waals surface area contributed by atoms with Crippen molar-refractivity contribution < 1.29 is 13.9 Å². The van der Waals surface area contributed by atoms with Crippen molar-refractivity contribution >= 4 is 22.6 Å². The molecule has 3 aliphatic rings. The summed E-state index contributed by atoms with van der Waals surface area (Å²) in [5.41, 5.74) is 3.81. The lowest BCUT2D eigenvalue weighted by atomic mass is 9.91. The van der Waals surface area contributed by atoms with E-state index in [2.05, 4.69) is 39.8 Å². The molecule has 1 aliphatic carbocycles. The van der Waals surface area contributed by atoms with Crippen LogP contribution in [0.4, 0.5) is 4.39 Å². The van der Waals surface area contributed by atoms with Gasteiger partial charge in [0.2, 0.25) is 5.88 Å². The van der Waals surface area contributed by atoms with Gasteiger partial charge in [-0.05, 0) is 81.4 Å². The van der Waals surface area contributed by atoms with Crippen LogP contribution in [0.25, 0.3) is 11.0 Å². The molecule has 208 valence electrons. The van der Waals surface area contributed by atoms with Crippen LogP contribution in [0.2, 0.25) is 5.02 Å². The second-order valence-corrected chi connectivity index (χ2v) is 11.8. The van der Waals surface area contributed by atoms with Crippen molar-refractivity contribution in [1.82, 2.24) is 19.4 Å². The lowest BCUT2D eigenvalue weighted by molar-refractivity contribution is -0.0596. The Kier molecular flexibility index (Phi) is 7.20. The van der Waals surface area contributed by atoms with Gasteiger partial charge in [-0.25, -0.2) is 14.4 Å². The molecule has 2 atom stereocenters. The molecule has 40 heavy (non-hydrogen) atoms. The van der Waals surface area contributed by atoms with E-state index in [0.29, 0.717) is 40.4 Å². The quantitative estimate of drug-likeness (QED) is 0.222. The second-order valence-electron chi connectivity index (χ2n) is 11.4. The van der Waals surface area contributed by atoms with Crippen molar-refractivity contribution in [3.05, 3.63) is 88.6 Å². The first-order valence-corrected chi connectivity index (χ1v) is 14.8. The van der Waals surface area contributed by atoms with Crippen molar-refractivity contribution in [3.63, 3.8) is 0 Å². The third-order valence-electron chi connectivity index (χ3n) is 8.67. The van der Waals surface area contributed by atoms with Gasteiger partial charge in [0.1, 0.15) is 18.2 Å². The first kappa shape index (κ1) is 25.9. The van der Waals surface area contributed by atoms with Crippen LogP contribution in [0.1, 0.15) is 61.1 Å². The second kappa shape index (κ2) is 11.1. The van der Waals surface area contributed by atoms with Gasteiger partial charge in [-0.15, -0.1) is 0 Å². The molecule has 0 N–H and O–H groups in total. The number of fused-ring (bicyclic) bond motifs is 1. The molecule has 0 bridgehead atoms. The van der Waals surface area contributed by atoms with E-state index in [4.69, 9.17) is 31.0 Å². The highest BCUT2D eigenvalue weighted by atomic mass is 35.5. The molecule has 2 aromatic heterocycles. The lowest BCUT2D eigenvalue weighted by Crippen LogP contribution is -2.39. The van der Waals surface area contributed by atoms with Gasteiger partial charge in [-0.2, -0.15) is 0 Å². The smallest absolute Gasteiger partial charge is 0.213 e. The van der Waals surface area contributed by atoms with Gasteiger partial charge in [0.25, 0.3) is 0 Å². The third kappa shape index (κ3) is 5.35. The Morgan fingerprint density at radius 2 is 1.80 bits per heavy atom. The lowest BCUT2D eigenvalue weighted by Gasteiger charge is -2.38. The van der Waals surface area contributed by atoms with Crippen LogP contribution < -0.4 is 4.74 Å². The van der Waals surface area contributed by atoms with Gasteiger partial charge >= 0.3 is 0 Å². The van der Waals surface area contributed by atoms with E-state index in [1.807, 2.05) is 12.1 Å². The minimum absolute atomic E-state index is 0.119. The van der Waals surface area contributed by atoms with Gasteiger partial charge < -0.3 is 14.0 Å². The number of hydrogen-bond donors (Lipinski definition) is 0. The minimum atomic E-state index is -0.366. The van der Waals surface area contributed by atoms with E-state index >= 15 is 0 Å². The van der Waals surface area contributed by atoms with E-state index in [1.165, 1.54) is 30.2 Å². The number of halogens is 2. The highest BCUT2D eigenvalue weighted by Crippen LogP contribution is 2.46. The third-order valence-corrected chi connectivity index (χ3v) is 8.91. The Morgan fingerprint density at radius 3 is 2.55 bits per heavy atom. The predicted molar refractivity (Wildman–Crippen MR) is 153 cm³/mol. The fraction of sp³-hybridized carbons (Fsp3) is 0.438. The highest BCUT2D eigenvalue weighted by Gasteiger charge is 2.41. The molecule has 3 fully saturated rings. The molecule has 8 heteroatoms. The molecule has 2 aromatic carbocycles. The summed E-state index contributed by atoms with van der Waals surface area (Å²) in [6.45, 7) is 3.89. The molecule has 1 unspecified atom stereocenters. The molecule has 4 aromatic rings. The zero-order chi connectivity index (χ0) is 27.1. The monoisotopic (exact) mass is 560 g/mol. The van der Waals surface area contributed by atoms with Crippen LogP contribution >= 0.6 is 11.6 Å². The normalized spacial score (nSPS) is 20.9. The Morgan fingerprint density at radius 1 is 0.975 bits per heavy atom. The summed E-state index contributed by atoms with van der Waals surface area (Å²) in [5, 5.41) is 0.376. The van der Waals surface area contributed by atoms with Crippen molar-refractivity contribution in [1.29, 1.82) is 0 Å². The fourth-order valence-corrected chi connectivity index (χ4v) is 6.39. The van der Waals surface area contributed by atoms with Crippen LogP contribution in [-0.4, -0.2) is 45.2 Å². The van der Waals surface area contributed by atoms with Gasteiger partial charge in [-0.3, -0.25) is 4.90 Å². The number of likely N-dealkylation sites (tertiary alicyclic amines) is 1. The van der Waals surface area contributed by atoms with E-state index in [1.54, 1.807) is 12.1 Å². The standard InChI is InChI=1S/C32H34ClFN4O2/c33-24-11-10-23(26(34)18-24)20-40-30-7-3-5-27(35-30)21-12-15-37(16-13-21)31(22-8-9-22)32-36-28-4-1-2-6-29(28)38(32)19-25-14-17-39-25/h1-7,10-11,18,21-22,25,31H,8-9,12-17,19-20H2/t25-,31?/m0/s1. The molecule has 0 radical (unpaired) electrons. The van der Waals surface area contributed by atoms with Crippen molar-refractivity contribution in [2.24, 2.45) is 5.92 Å². The van der Waals surface area contributed by atoms with Crippen LogP contribution in [-0.2, 0) is 17.9 Å². The average molecular weight is 561 g/mol. The molecule has 4 heterocycles. The number of imidazole rings is 1. The Labute approximate surface area is 239 Å². The number of benzene rings is 2. The van der Waals surface area contributed by atoms with Gasteiger partial charge in [0.15, 0.2) is 0 Å². The highest BCUT2D eigenvalue weighted by molar-refractivity contribution is 6.30. The molecule has 0 spiro atoms. The zero-order valence-electron chi connectivity index (χ0n) is 22.5. The van der Waals surface area contributed by atoms with E-state index in [0.717, 1.165) is 56.7 Å². The molecule has 2 saturated heterocycles. The molecule has 2 aliphatic heterocycles. The summed E-state index contributed by atoms with van der Waals surface area (Å²) < 4.78 is 28.3. The Balaban J connectivity index is 1.05. The summed E-state index contributed by atoms with van der Waals surface area (Å²) in [4.78, 5) is 12.7. The number of ether oxygens (including phenoxy) is 2. The maximum Gasteiger partial charge on any atom is 0.213 e. The first-order valence-electron chi connectivity index (χ1n) is 14.5. The summed E-state index contributed by atoms with van der Waals surface area (Å²) in [6, 6.07) is 19.4. The maximum atomic E-state index is 14.2. The first-order chi connectivity index (χ1) is 19.6. The average Bonchev–Trinajstić information content (AvgIpc) is 3.72. The van der Waals surface area contributed by atoms with Gasteiger partial charge in [-0.1, -0.05) is 35.9 Å². The summed E-state index contributed by atoms with van der Waals surface area (Å²) in [5.74, 6) is 2.40. The largest absolute Gasteiger partial charge is 0.473 e. The number of piperidine rings is 1. The SMILES string of the molecule is Fc1cc(Cl)ccc1COc1cccc(C2CCN(C(c3nc4ccccc4n3C[C@@H]3CCO3)C3CC3)CC2)n1. The fourth-order valence-electron chi connectivity index (χ4n) is 6.23. The maximum absolute atomic E-state index is 14.2.